The number of ether oxygens (including phenoxy) is 1. The van der Waals surface area contributed by atoms with Crippen molar-refractivity contribution in [3.8, 4) is 0 Å². The van der Waals surface area contributed by atoms with Crippen LogP contribution in [0.3, 0.4) is 0 Å². The first-order chi connectivity index (χ1) is 9.76. The highest BCUT2D eigenvalue weighted by molar-refractivity contribution is 6.31. The fourth-order valence-corrected chi connectivity index (χ4v) is 2.57. The lowest BCUT2D eigenvalue weighted by Gasteiger charge is -2.33. The van der Waals surface area contributed by atoms with E-state index in [1.807, 2.05) is 18.2 Å². The molecule has 2 heterocycles. The summed E-state index contributed by atoms with van der Waals surface area (Å²) in [5.74, 6) is 0. The number of methoxy groups -OCH3 is 1. The van der Waals surface area contributed by atoms with Gasteiger partial charge in [-0.05, 0) is 12.1 Å². The molecular formula is C14H18ClN3O2. The molecule has 1 aliphatic heterocycles. The maximum absolute atomic E-state index is 5.96. The highest BCUT2D eigenvalue weighted by Crippen LogP contribution is 2.25. The molecule has 0 saturated carbocycles. The number of hydrogen-bond donors (Lipinski definition) is 0. The van der Waals surface area contributed by atoms with Crippen LogP contribution in [0.15, 0.2) is 22.6 Å². The summed E-state index contributed by atoms with van der Waals surface area (Å²) in [6.07, 6.45) is 0. The first-order valence-corrected chi connectivity index (χ1v) is 7.16. The van der Waals surface area contributed by atoms with Crippen LogP contribution >= 0.6 is 11.6 Å². The van der Waals surface area contributed by atoms with Gasteiger partial charge in [0, 0.05) is 50.9 Å². The van der Waals surface area contributed by atoms with Crippen molar-refractivity contribution >= 4 is 28.7 Å². The lowest BCUT2D eigenvalue weighted by Crippen LogP contribution is -2.47. The lowest BCUT2D eigenvalue weighted by molar-refractivity contribution is 0.143. The van der Waals surface area contributed by atoms with Crippen molar-refractivity contribution in [2.45, 2.75) is 0 Å². The number of nitrogens with zero attached hydrogens (tertiary/aromatic N) is 3. The Bertz CT molecular complexity index is 579. The maximum atomic E-state index is 5.96. The average Bonchev–Trinajstić information content (AvgIpc) is 2.88. The molecule has 0 aliphatic carbocycles. The minimum Gasteiger partial charge on any atom is -0.423 e. The molecule has 0 N–H and O–H groups in total. The van der Waals surface area contributed by atoms with Gasteiger partial charge in [0.15, 0.2) is 5.58 Å². The Hall–Kier alpha value is -1.30. The topological polar surface area (TPSA) is 41.7 Å². The predicted octanol–water partition coefficient (Wildman–Crippen LogP) is 2.25. The quantitative estimate of drug-likeness (QED) is 0.865. The van der Waals surface area contributed by atoms with Crippen molar-refractivity contribution in [2.75, 3.05) is 51.3 Å². The molecular weight excluding hydrogens is 278 g/mol. The molecule has 3 rings (SSSR count). The van der Waals surface area contributed by atoms with E-state index in [0.29, 0.717) is 11.0 Å². The number of fused-ring (bicyclic) bond motifs is 1. The molecule has 1 aliphatic rings. The van der Waals surface area contributed by atoms with Crippen molar-refractivity contribution in [2.24, 2.45) is 0 Å². The second-order valence-electron chi connectivity index (χ2n) is 4.93. The van der Waals surface area contributed by atoms with Crippen molar-refractivity contribution < 1.29 is 9.15 Å². The summed E-state index contributed by atoms with van der Waals surface area (Å²) < 4.78 is 10.9. The minimum atomic E-state index is 0.671. The summed E-state index contributed by atoms with van der Waals surface area (Å²) in [7, 11) is 1.74. The smallest absolute Gasteiger partial charge is 0.298 e. The number of benzene rings is 1. The van der Waals surface area contributed by atoms with Gasteiger partial charge in [-0.15, -0.1) is 0 Å². The molecule has 0 amide bonds. The van der Waals surface area contributed by atoms with Crippen LogP contribution in [0.4, 0.5) is 6.01 Å². The normalized spacial score (nSPS) is 17.0. The molecule has 20 heavy (non-hydrogen) atoms. The second kappa shape index (κ2) is 5.99. The third-order valence-corrected chi connectivity index (χ3v) is 3.83. The van der Waals surface area contributed by atoms with E-state index in [-0.39, 0.29) is 0 Å². The Morgan fingerprint density at radius 2 is 2.10 bits per heavy atom. The predicted molar refractivity (Wildman–Crippen MR) is 79.5 cm³/mol. The molecule has 0 atom stereocenters. The van der Waals surface area contributed by atoms with Crippen molar-refractivity contribution in [3.63, 3.8) is 0 Å². The van der Waals surface area contributed by atoms with Crippen molar-refractivity contribution in [1.82, 2.24) is 9.88 Å². The van der Waals surface area contributed by atoms with Gasteiger partial charge in [0.25, 0.3) is 6.01 Å². The molecule has 5 nitrogen and oxygen atoms in total. The molecule has 1 aromatic carbocycles. The Balaban J connectivity index is 1.67. The molecule has 1 fully saturated rings. The first kappa shape index (κ1) is 13.7. The Morgan fingerprint density at radius 1 is 1.30 bits per heavy atom. The van der Waals surface area contributed by atoms with Crippen molar-refractivity contribution in [1.29, 1.82) is 0 Å². The number of rotatable bonds is 4. The van der Waals surface area contributed by atoms with E-state index >= 15 is 0 Å². The lowest BCUT2D eigenvalue weighted by atomic mass is 10.3. The molecule has 0 radical (unpaired) electrons. The summed E-state index contributed by atoms with van der Waals surface area (Å²) in [4.78, 5) is 9.09. The molecule has 0 unspecified atom stereocenters. The van der Waals surface area contributed by atoms with Gasteiger partial charge in [-0.1, -0.05) is 11.6 Å². The van der Waals surface area contributed by atoms with Gasteiger partial charge < -0.3 is 14.1 Å². The summed E-state index contributed by atoms with van der Waals surface area (Å²) in [5.41, 5.74) is 1.60. The number of hydrogen-bond acceptors (Lipinski definition) is 5. The zero-order valence-electron chi connectivity index (χ0n) is 11.5. The number of piperazine rings is 1. The molecule has 0 bridgehead atoms. The van der Waals surface area contributed by atoms with E-state index in [1.165, 1.54) is 0 Å². The average molecular weight is 296 g/mol. The SMILES string of the molecule is COCCN1CCN(c2nc3ccc(Cl)cc3o2)CC1. The zero-order chi connectivity index (χ0) is 13.9. The minimum absolute atomic E-state index is 0.671. The van der Waals surface area contributed by atoms with E-state index in [4.69, 9.17) is 20.8 Å². The van der Waals surface area contributed by atoms with Gasteiger partial charge in [0.2, 0.25) is 0 Å². The first-order valence-electron chi connectivity index (χ1n) is 6.78. The largest absolute Gasteiger partial charge is 0.423 e. The van der Waals surface area contributed by atoms with Crippen LogP contribution in [-0.4, -0.2) is 56.3 Å². The van der Waals surface area contributed by atoms with Crippen LogP contribution in [0.1, 0.15) is 0 Å². The molecule has 1 aromatic heterocycles. The summed E-state index contributed by atoms with van der Waals surface area (Å²) in [6.45, 7) is 5.61. The highest BCUT2D eigenvalue weighted by Gasteiger charge is 2.20. The van der Waals surface area contributed by atoms with Gasteiger partial charge in [-0.3, -0.25) is 4.90 Å². The summed E-state index contributed by atoms with van der Waals surface area (Å²) in [5, 5.41) is 0.671. The van der Waals surface area contributed by atoms with E-state index in [0.717, 1.165) is 50.4 Å². The second-order valence-corrected chi connectivity index (χ2v) is 5.37. The van der Waals surface area contributed by atoms with Gasteiger partial charge in [-0.2, -0.15) is 4.98 Å². The van der Waals surface area contributed by atoms with Crippen LogP contribution in [0.5, 0.6) is 0 Å². The van der Waals surface area contributed by atoms with E-state index in [2.05, 4.69) is 14.8 Å². The van der Waals surface area contributed by atoms with Gasteiger partial charge >= 0.3 is 0 Å². The van der Waals surface area contributed by atoms with Crippen LogP contribution in [-0.2, 0) is 4.74 Å². The Labute approximate surface area is 123 Å². The molecule has 6 heteroatoms. The zero-order valence-corrected chi connectivity index (χ0v) is 12.3. The van der Waals surface area contributed by atoms with Gasteiger partial charge in [-0.25, -0.2) is 0 Å². The van der Waals surface area contributed by atoms with Crippen LogP contribution in [0, 0.1) is 0 Å². The van der Waals surface area contributed by atoms with Crippen LogP contribution in [0.2, 0.25) is 5.02 Å². The monoisotopic (exact) mass is 295 g/mol. The Kier molecular flexibility index (Phi) is 4.10. The van der Waals surface area contributed by atoms with E-state index in [9.17, 15) is 0 Å². The third-order valence-electron chi connectivity index (χ3n) is 3.59. The third kappa shape index (κ3) is 2.90. The number of anilines is 1. The summed E-state index contributed by atoms with van der Waals surface area (Å²) >= 11 is 5.96. The van der Waals surface area contributed by atoms with Crippen LogP contribution < -0.4 is 4.90 Å². The fraction of sp³-hybridized carbons (Fsp3) is 0.500. The summed E-state index contributed by atoms with van der Waals surface area (Å²) in [6, 6.07) is 6.22. The maximum Gasteiger partial charge on any atom is 0.298 e. The standard InChI is InChI=1S/C14H18ClN3O2/c1-19-9-8-17-4-6-18(7-5-17)14-16-12-3-2-11(15)10-13(12)20-14/h2-3,10H,4-9H2,1H3. The fourth-order valence-electron chi connectivity index (χ4n) is 2.40. The van der Waals surface area contributed by atoms with E-state index in [1.54, 1.807) is 7.11 Å². The molecule has 2 aromatic rings. The Morgan fingerprint density at radius 3 is 2.85 bits per heavy atom. The molecule has 1 saturated heterocycles. The number of halogens is 1. The number of aromatic nitrogens is 1. The van der Waals surface area contributed by atoms with Gasteiger partial charge in [0.1, 0.15) is 5.52 Å². The molecule has 108 valence electrons. The van der Waals surface area contributed by atoms with Crippen molar-refractivity contribution in [3.05, 3.63) is 23.2 Å². The number of oxazole rings is 1. The highest BCUT2D eigenvalue weighted by atomic mass is 35.5. The van der Waals surface area contributed by atoms with Gasteiger partial charge in [0.05, 0.1) is 6.61 Å². The van der Waals surface area contributed by atoms with E-state index < -0.39 is 0 Å². The van der Waals surface area contributed by atoms with Crippen LogP contribution in [0.25, 0.3) is 11.1 Å². The molecule has 0 spiro atoms.